The van der Waals surface area contributed by atoms with Crippen molar-refractivity contribution >= 4 is 55.2 Å². The molecule has 0 fully saturated rings. The van der Waals surface area contributed by atoms with E-state index in [2.05, 4.69) is 9.71 Å². The third-order valence-electron chi connectivity index (χ3n) is 5.29. The number of rotatable bonds is 6. The third-order valence-corrected chi connectivity index (χ3v) is 7.37. The highest BCUT2D eigenvalue weighted by Gasteiger charge is 2.16. The molecular weight excluding hydrogens is 464 g/mol. The van der Waals surface area contributed by atoms with Gasteiger partial charge in [-0.1, -0.05) is 84.6 Å². The molecule has 0 atom stereocenters. The fourth-order valence-electron chi connectivity index (χ4n) is 3.69. The summed E-state index contributed by atoms with van der Waals surface area (Å²) in [6.45, 7) is 0. The monoisotopic (exact) mass is 484 g/mol. The number of phenolic OH excluding ortho intramolecular Hbond substituents is 1. The van der Waals surface area contributed by atoms with E-state index in [0.717, 1.165) is 26.8 Å². The van der Waals surface area contributed by atoms with Crippen LogP contribution in [0.3, 0.4) is 0 Å². The van der Waals surface area contributed by atoms with Crippen molar-refractivity contribution in [3.63, 3.8) is 0 Å². The van der Waals surface area contributed by atoms with Crippen molar-refractivity contribution in [2.75, 3.05) is 4.72 Å². The molecule has 0 bridgehead atoms. The standard InChI is InChI=1S/C27H20N2O3S2/c30-27-22-13-5-4-12-21(22)23(29-34(31,32)17-15-19-8-2-1-3-9-19)18-25(27)33-24-14-6-10-20-11-7-16-28-26(20)24/h1-18,29-30H/b17-15+. The van der Waals surface area contributed by atoms with Gasteiger partial charge in [0.1, 0.15) is 5.75 Å². The number of hydrogen-bond donors (Lipinski definition) is 2. The van der Waals surface area contributed by atoms with Crippen molar-refractivity contribution in [2.45, 2.75) is 9.79 Å². The molecule has 1 aromatic heterocycles. The molecular formula is C27H20N2O3S2. The average Bonchev–Trinajstić information content (AvgIpc) is 2.86. The first kappa shape index (κ1) is 22.0. The smallest absolute Gasteiger partial charge is 0.255 e. The Labute approximate surface area is 201 Å². The Bertz CT molecular complexity index is 1630. The van der Waals surface area contributed by atoms with Gasteiger partial charge in [-0.05, 0) is 29.8 Å². The topological polar surface area (TPSA) is 79.3 Å². The zero-order chi connectivity index (χ0) is 23.5. The van der Waals surface area contributed by atoms with Crippen molar-refractivity contribution in [1.29, 1.82) is 0 Å². The summed E-state index contributed by atoms with van der Waals surface area (Å²) in [5.74, 6) is 0.0938. The van der Waals surface area contributed by atoms with Crippen LogP contribution in [0.4, 0.5) is 5.69 Å². The first-order chi connectivity index (χ1) is 16.5. The van der Waals surface area contributed by atoms with Crippen molar-refractivity contribution < 1.29 is 13.5 Å². The minimum atomic E-state index is -3.80. The highest BCUT2D eigenvalue weighted by molar-refractivity contribution is 7.99. The summed E-state index contributed by atoms with van der Waals surface area (Å²) in [6.07, 6.45) is 3.27. The molecule has 0 radical (unpaired) electrons. The highest BCUT2D eigenvalue weighted by Crippen LogP contribution is 2.44. The highest BCUT2D eigenvalue weighted by atomic mass is 32.2. The summed E-state index contributed by atoms with van der Waals surface area (Å²) in [6, 6.07) is 27.7. The number of para-hydroxylation sites is 1. The molecule has 5 aromatic rings. The second-order valence-electron chi connectivity index (χ2n) is 7.61. The van der Waals surface area contributed by atoms with Gasteiger partial charge in [0.2, 0.25) is 0 Å². The molecule has 0 unspecified atom stereocenters. The number of hydrogen-bond acceptors (Lipinski definition) is 5. The number of anilines is 1. The maximum atomic E-state index is 12.9. The van der Waals surface area contributed by atoms with Crippen molar-refractivity contribution in [3.05, 3.63) is 108 Å². The normalized spacial score (nSPS) is 11.9. The third kappa shape index (κ3) is 4.62. The Morgan fingerprint density at radius 1 is 0.824 bits per heavy atom. The van der Waals surface area contributed by atoms with Gasteiger partial charge in [-0.3, -0.25) is 9.71 Å². The number of nitrogens with zero attached hydrogens (tertiary/aromatic N) is 1. The Morgan fingerprint density at radius 2 is 1.56 bits per heavy atom. The number of aromatic nitrogens is 1. The van der Waals surface area contributed by atoms with E-state index in [0.29, 0.717) is 21.4 Å². The van der Waals surface area contributed by atoms with Crippen LogP contribution < -0.4 is 4.72 Å². The fraction of sp³-hybridized carbons (Fsp3) is 0. The summed E-state index contributed by atoms with van der Waals surface area (Å²) >= 11 is 1.34. The van der Waals surface area contributed by atoms with E-state index in [4.69, 9.17) is 0 Å². The number of benzene rings is 4. The fourth-order valence-corrected chi connectivity index (χ4v) is 5.61. The summed E-state index contributed by atoms with van der Waals surface area (Å²) < 4.78 is 28.4. The van der Waals surface area contributed by atoms with Gasteiger partial charge in [0.05, 0.1) is 21.5 Å². The molecule has 34 heavy (non-hydrogen) atoms. The van der Waals surface area contributed by atoms with Gasteiger partial charge in [-0.15, -0.1) is 0 Å². The Balaban J connectivity index is 1.56. The van der Waals surface area contributed by atoms with Crippen molar-refractivity contribution in [3.8, 4) is 5.75 Å². The van der Waals surface area contributed by atoms with E-state index in [9.17, 15) is 13.5 Å². The van der Waals surface area contributed by atoms with E-state index in [1.807, 2.05) is 66.7 Å². The number of aromatic hydroxyl groups is 1. The average molecular weight is 485 g/mol. The molecule has 5 nitrogen and oxygen atoms in total. The molecule has 7 heteroatoms. The molecule has 0 saturated carbocycles. The zero-order valence-electron chi connectivity index (χ0n) is 17.9. The van der Waals surface area contributed by atoms with E-state index >= 15 is 0 Å². The SMILES string of the molecule is O=S(=O)(/C=C/c1ccccc1)Nc1cc(Sc2cccc3cccnc23)c(O)c2ccccc12. The number of pyridine rings is 1. The van der Waals surface area contributed by atoms with Gasteiger partial charge in [0.25, 0.3) is 10.0 Å². The first-order valence-corrected chi connectivity index (χ1v) is 12.9. The minimum Gasteiger partial charge on any atom is -0.506 e. The molecule has 0 spiro atoms. The van der Waals surface area contributed by atoms with Gasteiger partial charge in [-0.2, -0.15) is 0 Å². The lowest BCUT2D eigenvalue weighted by atomic mass is 10.1. The van der Waals surface area contributed by atoms with Crippen LogP contribution in [0.5, 0.6) is 5.75 Å². The Kier molecular flexibility index (Phi) is 5.96. The number of fused-ring (bicyclic) bond motifs is 2. The predicted octanol–water partition coefficient (Wildman–Crippen LogP) is 6.66. The lowest BCUT2D eigenvalue weighted by Crippen LogP contribution is -2.09. The molecule has 0 saturated heterocycles. The second kappa shape index (κ2) is 9.21. The van der Waals surface area contributed by atoms with Crippen LogP contribution in [0, 0.1) is 0 Å². The largest absolute Gasteiger partial charge is 0.506 e. The Hall–Kier alpha value is -3.81. The van der Waals surface area contributed by atoms with Gasteiger partial charge in [0, 0.05) is 27.3 Å². The zero-order valence-corrected chi connectivity index (χ0v) is 19.6. The number of phenols is 1. The lowest BCUT2D eigenvalue weighted by Gasteiger charge is -2.14. The van der Waals surface area contributed by atoms with Gasteiger partial charge in [0.15, 0.2) is 0 Å². The minimum absolute atomic E-state index is 0.0938. The van der Waals surface area contributed by atoms with Gasteiger partial charge < -0.3 is 5.11 Å². The van der Waals surface area contributed by atoms with Crippen LogP contribution in [-0.4, -0.2) is 18.5 Å². The van der Waals surface area contributed by atoms with Crippen LogP contribution in [-0.2, 0) is 10.0 Å². The molecule has 0 aliphatic heterocycles. The molecule has 0 amide bonds. The molecule has 5 rings (SSSR count). The molecule has 2 N–H and O–H groups in total. The number of sulfonamides is 1. The van der Waals surface area contributed by atoms with Crippen molar-refractivity contribution in [1.82, 2.24) is 4.98 Å². The van der Waals surface area contributed by atoms with Crippen LogP contribution in [0.15, 0.2) is 112 Å². The van der Waals surface area contributed by atoms with E-state index in [1.165, 1.54) is 11.8 Å². The van der Waals surface area contributed by atoms with E-state index < -0.39 is 10.0 Å². The first-order valence-electron chi connectivity index (χ1n) is 10.5. The quantitative estimate of drug-likeness (QED) is 0.264. The van der Waals surface area contributed by atoms with Gasteiger partial charge in [-0.25, -0.2) is 8.42 Å². The predicted molar refractivity (Wildman–Crippen MR) is 139 cm³/mol. The lowest BCUT2D eigenvalue weighted by molar-refractivity contribution is 0.469. The maximum Gasteiger partial charge on any atom is 0.255 e. The second-order valence-corrected chi connectivity index (χ2v) is 10.3. The van der Waals surface area contributed by atoms with Crippen LogP contribution in [0.1, 0.15) is 5.56 Å². The summed E-state index contributed by atoms with van der Waals surface area (Å²) in [4.78, 5) is 5.87. The molecule has 0 aliphatic carbocycles. The Morgan fingerprint density at radius 3 is 2.38 bits per heavy atom. The van der Waals surface area contributed by atoms with Crippen LogP contribution >= 0.6 is 11.8 Å². The molecule has 4 aromatic carbocycles. The van der Waals surface area contributed by atoms with Crippen LogP contribution in [0.25, 0.3) is 27.8 Å². The summed E-state index contributed by atoms with van der Waals surface area (Å²) in [5, 5.41) is 14.3. The van der Waals surface area contributed by atoms with Crippen molar-refractivity contribution in [2.24, 2.45) is 0 Å². The molecule has 1 heterocycles. The molecule has 168 valence electrons. The number of nitrogens with one attached hydrogen (secondary N) is 1. The van der Waals surface area contributed by atoms with Gasteiger partial charge >= 0.3 is 0 Å². The van der Waals surface area contributed by atoms with E-state index in [1.54, 1.807) is 36.5 Å². The summed E-state index contributed by atoms with van der Waals surface area (Å²) in [5.41, 5.74) is 1.99. The summed E-state index contributed by atoms with van der Waals surface area (Å²) in [7, 11) is -3.80. The van der Waals surface area contributed by atoms with Crippen LogP contribution in [0.2, 0.25) is 0 Å². The maximum absolute atomic E-state index is 12.9. The molecule has 0 aliphatic rings. The van der Waals surface area contributed by atoms with E-state index in [-0.39, 0.29) is 5.75 Å².